The van der Waals surface area contributed by atoms with Crippen LogP contribution in [0.5, 0.6) is 0 Å². The molecule has 3 rings (SSSR count). The predicted molar refractivity (Wildman–Crippen MR) is 92.9 cm³/mol. The molecule has 0 bridgehead atoms. The van der Waals surface area contributed by atoms with Gasteiger partial charge in [-0.3, -0.25) is 0 Å². The molecule has 1 aliphatic heterocycles. The largest absolute Gasteiger partial charge is 0.337 e. The highest BCUT2D eigenvalue weighted by Crippen LogP contribution is 2.34. The Balaban J connectivity index is 1.67. The number of nitrogens with one attached hydrogen (secondary N) is 1. The van der Waals surface area contributed by atoms with Crippen LogP contribution in [0.1, 0.15) is 69.2 Å². The Kier molecular flexibility index (Phi) is 4.62. The average Bonchev–Trinajstić information content (AvgIpc) is 3.25. The summed E-state index contributed by atoms with van der Waals surface area (Å²) < 4.78 is 5.32. The van der Waals surface area contributed by atoms with Crippen molar-refractivity contribution in [1.29, 1.82) is 0 Å². The third-order valence-electron chi connectivity index (χ3n) is 4.21. The van der Waals surface area contributed by atoms with Crippen LogP contribution in [-0.4, -0.2) is 27.6 Å². The van der Waals surface area contributed by atoms with Crippen LogP contribution < -0.4 is 5.32 Å². The molecule has 0 saturated carbocycles. The van der Waals surface area contributed by atoms with Gasteiger partial charge in [0.2, 0.25) is 5.89 Å². The van der Waals surface area contributed by atoms with Gasteiger partial charge in [0, 0.05) is 16.8 Å². The van der Waals surface area contributed by atoms with E-state index in [0.29, 0.717) is 11.7 Å². The van der Waals surface area contributed by atoms with Crippen LogP contribution in [0.4, 0.5) is 4.79 Å². The van der Waals surface area contributed by atoms with Crippen LogP contribution in [0, 0.1) is 0 Å². The van der Waals surface area contributed by atoms with Crippen LogP contribution in [0.2, 0.25) is 0 Å². The second-order valence-electron chi connectivity index (χ2n) is 7.24. The Morgan fingerprint density at radius 2 is 2.29 bits per heavy atom. The zero-order valence-electron chi connectivity index (χ0n) is 14.6. The van der Waals surface area contributed by atoms with E-state index in [0.717, 1.165) is 19.4 Å². The summed E-state index contributed by atoms with van der Waals surface area (Å²) in [7, 11) is 0. The summed E-state index contributed by atoms with van der Waals surface area (Å²) in [5, 5.41) is 9.06. The van der Waals surface area contributed by atoms with E-state index in [1.807, 2.05) is 38.7 Å². The Hall–Kier alpha value is -1.89. The van der Waals surface area contributed by atoms with Crippen LogP contribution >= 0.6 is 11.3 Å². The summed E-state index contributed by atoms with van der Waals surface area (Å²) in [6.45, 7) is 8.73. The van der Waals surface area contributed by atoms with Crippen LogP contribution in [0.25, 0.3) is 0 Å². The molecule has 1 saturated heterocycles. The molecule has 2 atom stereocenters. The number of carbonyl (C=O) groups excluding carboxylic acids is 1. The number of likely N-dealkylation sites (tertiary alicyclic amines) is 1. The standard InChI is InChI=1S/C17H24N4O2S/c1-11(14-19-15(20-23-14)17(2,3)4)18-16(22)21-9-5-7-12(21)13-8-6-10-24-13/h6,8,10-12H,5,7,9H2,1-4H3,(H,18,22). The summed E-state index contributed by atoms with van der Waals surface area (Å²) in [5.41, 5.74) is -0.176. The van der Waals surface area contributed by atoms with Crippen molar-refractivity contribution in [2.24, 2.45) is 0 Å². The van der Waals surface area contributed by atoms with Crippen molar-refractivity contribution in [3.8, 4) is 0 Å². The zero-order valence-corrected chi connectivity index (χ0v) is 15.4. The summed E-state index contributed by atoms with van der Waals surface area (Å²) in [4.78, 5) is 20.2. The number of hydrogen-bond acceptors (Lipinski definition) is 5. The maximum Gasteiger partial charge on any atom is 0.318 e. The molecule has 24 heavy (non-hydrogen) atoms. The van der Waals surface area contributed by atoms with Crippen LogP contribution in [0.15, 0.2) is 22.0 Å². The molecule has 6 nitrogen and oxygen atoms in total. The van der Waals surface area contributed by atoms with Crippen molar-refractivity contribution in [1.82, 2.24) is 20.4 Å². The van der Waals surface area contributed by atoms with Gasteiger partial charge < -0.3 is 14.7 Å². The normalized spacial score (nSPS) is 19.5. The molecular formula is C17H24N4O2S. The van der Waals surface area contributed by atoms with E-state index >= 15 is 0 Å². The molecule has 1 aliphatic rings. The lowest BCUT2D eigenvalue weighted by Crippen LogP contribution is -2.40. The number of rotatable bonds is 3. The summed E-state index contributed by atoms with van der Waals surface area (Å²) in [6.07, 6.45) is 2.04. The molecule has 0 aliphatic carbocycles. The van der Waals surface area contributed by atoms with E-state index in [1.165, 1.54) is 4.88 Å². The monoisotopic (exact) mass is 348 g/mol. The third kappa shape index (κ3) is 3.45. The lowest BCUT2D eigenvalue weighted by molar-refractivity contribution is 0.187. The smallest absolute Gasteiger partial charge is 0.318 e. The van der Waals surface area contributed by atoms with Gasteiger partial charge in [-0.1, -0.05) is 32.0 Å². The van der Waals surface area contributed by atoms with Gasteiger partial charge in [-0.05, 0) is 31.2 Å². The molecule has 3 heterocycles. The van der Waals surface area contributed by atoms with E-state index in [4.69, 9.17) is 4.52 Å². The molecule has 1 N–H and O–H groups in total. The molecule has 7 heteroatoms. The highest BCUT2D eigenvalue weighted by atomic mass is 32.1. The number of aromatic nitrogens is 2. The molecular weight excluding hydrogens is 324 g/mol. The summed E-state index contributed by atoms with van der Waals surface area (Å²) in [6, 6.07) is 3.91. The van der Waals surface area contributed by atoms with E-state index in [2.05, 4.69) is 26.9 Å². The van der Waals surface area contributed by atoms with Crippen molar-refractivity contribution >= 4 is 17.4 Å². The minimum Gasteiger partial charge on any atom is -0.337 e. The van der Waals surface area contributed by atoms with Crippen molar-refractivity contribution in [3.05, 3.63) is 34.1 Å². The molecule has 2 aromatic heterocycles. The molecule has 130 valence electrons. The van der Waals surface area contributed by atoms with Gasteiger partial charge in [0.05, 0.1) is 6.04 Å². The zero-order chi connectivity index (χ0) is 17.3. The molecule has 0 aromatic carbocycles. The van der Waals surface area contributed by atoms with Crippen molar-refractivity contribution in [2.45, 2.75) is 58.0 Å². The molecule has 1 fully saturated rings. The van der Waals surface area contributed by atoms with Gasteiger partial charge in [0.1, 0.15) is 6.04 Å². The SMILES string of the molecule is CC(NC(=O)N1CCCC1c1cccs1)c1nc(C(C)(C)C)no1. The minimum absolute atomic E-state index is 0.0751. The molecule has 2 unspecified atom stereocenters. The first kappa shape index (κ1) is 17.0. The highest BCUT2D eigenvalue weighted by Gasteiger charge is 2.32. The average molecular weight is 348 g/mol. The number of nitrogens with zero attached hydrogens (tertiary/aromatic N) is 3. The molecule has 2 amide bonds. The van der Waals surface area contributed by atoms with Gasteiger partial charge in [-0.15, -0.1) is 11.3 Å². The number of urea groups is 1. The van der Waals surface area contributed by atoms with E-state index in [1.54, 1.807) is 11.3 Å². The lowest BCUT2D eigenvalue weighted by Gasteiger charge is -2.25. The fourth-order valence-electron chi connectivity index (χ4n) is 2.83. The van der Waals surface area contributed by atoms with Gasteiger partial charge in [-0.2, -0.15) is 4.98 Å². The number of amides is 2. The van der Waals surface area contributed by atoms with Crippen LogP contribution in [0.3, 0.4) is 0 Å². The number of carbonyl (C=O) groups is 1. The van der Waals surface area contributed by atoms with Crippen molar-refractivity contribution in [2.75, 3.05) is 6.54 Å². The number of thiophene rings is 1. The Labute approximate surface area is 146 Å². The Morgan fingerprint density at radius 3 is 2.92 bits per heavy atom. The topological polar surface area (TPSA) is 71.3 Å². The molecule has 0 spiro atoms. The van der Waals surface area contributed by atoms with Crippen molar-refractivity contribution in [3.63, 3.8) is 0 Å². The van der Waals surface area contributed by atoms with Gasteiger partial charge >= 0.3 is 6.03 Å². The fourth-order valence-corrected chi connectivity index (χ4v) is 3.71. The van der Waals surface area contributed by atoms with Crippen LogP contribution in [-0.2, 0) is 5.41 Å². The minimum atomic E-state index is -0.314. The highest BCUT2D eigenvalue weighted by molar-refractivity contribution is 7.10. The maximum atomic E-state index is 12.7. The molecule has 0 radical (unpaired) electrons. The van der Waals surface area contributed by atoms with E-state index in [-0.39, 0.29) is 23.5 Å². The summed E-state index contributed by atoms with van der Waals surface area (Å²) >= 11 is 1.70. The first-order valence-corrected chi connectivity index (χ1v) is 9.19. The first-order chi connectivity index (χ1) is 11.4. The fraction of sp³-hybridized carbons (Fsp3) is 0.588. The summed E-state index contributed by atoms with van der Waals surface area (Å²) in [5.74, 6) is 1.09. The van der Waals surface area contributed by atoms with E-state index < -0.39 is 0 Å². The Bertz CT molecular complexity index is 690. The van der Waals surface area contributed by atoms with Gasteiger partial charge in [0.15, 0.2) is 5.82 Å². The predicted octanol–water partition coefficient (Wildman–Crippen LogP) is 4.04. The second kappa shape index (κ2) is 6.55. The van der Waals surface area contributed by atoms with Gasteiger partial charge in [-0.25, -0.2) is 4.79 Å². The maximum absolute atomic E-state index is 12.7. The third-order valence-corrected chi connectivity index (χ3v) is 5.18. The Morgan fingerprint density at radius 1 is 1.50 bits per heavy atom. The second-order valence-corrected chi connectivity index (χ2v) is 8.22. The van der Waals surface area contributed by atoms with E-state index in [9.17, 15) is 4.79 Å². The quantitative estimate of drug-likeness (QED) is 0.909. The number of hydrogen-bond donors (Lipinski definition) is 1. The van der Waals surface area contributed by atoms with Crippen molar-refractivity contribution < 1.29 is 9.32 Å². The lowest BCUT2D eigenvalue weighted by atomic mass is 9.96. The van der Waals surface area contributed by atoms with Gasteiger partial charge in [0.25, 0.3) is 0 Å². The first-order valence-electron chi connectivity index (χ1n) is 8.31. The molecule has 2 aromatic rings.